The summed E-state index contributed by atoms with van der Waals surface area (Å²) in [5, 5.41) is 3.46. The van der Waals surface area contributed by atoms with E-state index in [1.54, 1.807) is 6.21 Å². The lowest BCUT2D eigenvalue weighted by Gasteiger charge is -2.07. The average molecular weight is 206 g/mol. The van der Waals surface area contributed by atoms with Gasteiger partial charge < -0.3 is 10.6 Å². The molecule has 0 spiro atoms. The van der Waals surface area contributed by atoms with Crippen molar-refractivity contribution in [1.82, 2.24) is 0 Å². The molecule has 0 amide bonds. The molecule has 0 fully saturated rings. The number of rotatable bonds is 5. The van der Waals surface area contributed by atoms with Gasteiger partial charge >= 0.3 is 0 Å². The molecule has 3 nitrogen and oxygen atoms in total. The highest BCUT2D eigenvalue weighted by atomic mass is 16.5. The molecule has 0 heterocycles. The van der Waals surface area contributed by atoms with Gasteiger partial charge in [-0.3, -0.25) is 0 Å². The Bertz CT molecular complexity index is 304. The van der Waals surface area contributed by atoms with E-state index in [1.807, 2.05) is 24.3 Å². The molecule has 0 atom stereocenters. The molecule has 1 aromatic carbocycles. The number of hydrazone groups is 1. The highest BCUT2D eigenvalue weighted by molar-refractivity contribution is 5.79. The van der Waals surface area contributed by atoms with E-state index in [-0.39, 0.29) is 0 Å². The van der Waals surface area contributed by atoms with Crippen molar-refractivity contribution in [2.45, 2.75) is 20.3 Å². The minimum Gasteiger partial charge on any atom is -0.494 e. The second-order valence-corrected chi connectivity index (χ2v) is 3.88. The van der Waals surface area contributed by atoms with Gasteiger partial charge in [-0.15, -0.1) is 0 Å². The Morgan fingerprint density at radius 3 is 2.53 bits per heavy atom. The molecule has 0 aliphatic rings. The lowest BCUT2D eigenvalue weighted by Crippen LogP contribution is -2.01. The summed E-state index contributed by atoms with van der Waals surface area (Å²) in [4.78, 5) is 0. The van der Waals surface area contributed by atoms with Crippen LogP contribution < -0.4 is 10.6 Å². The topological polar surface area (TPSA) is 47.6 Å². The predicted molar refractivity (Wildman–Crippen MR) is 63.2 cm³/mol. The Labute approximate surface area is 90.9 Å². The number of ether oxygens (including phenoxy) is 1. The molecule has 1 aromatic rings. The van der Waals surface area contributed by atoms with E-state index in [1.165, 1.54) is 0 Å². The van der Waals surface area contributed by atoms with Gasteiger partial charge in [0.05, 0.1) is 12.8 Å². The van der Waals surface area contributed by atoms with Crippen molar-refractivity contribution in [3.8, 4) is 5.75 Å². The van der Waals surface area contributed by atoms with Crippen molar-refractivity contribution < 1.29 is 4.74 Å². The molecule has 15 heavy (non-hydrogen) atoms. The number of nitrogens with two attached hydrogens (primary N) is 1. The van der Waals surface area contributed by atoms with Crippen LogP contribution in [0.15, 0.2) is 29.4 Å². The van der Waals surface area contributed by atoms with Crippen LogP contribution in [0.1, 0.15) is 25.8 Å². The summed E-state index contributed by atoms with van der Waals surface area (Å²) >= 11 is 0. The van der Waals surface area contributed by atoms with Gasteiger partial charge in [0, 0.05) is 0 Å². The Kier molecular flexibility index (Phi) is 4.68. The Hall–Kier alpha value is -1.51. The number of nitrogens with zero attached hydrogens (tertiary/aromatic N) is 1. The van der Waals surface area contributed by atoms with Crippen molar-refractivity contribution in [3.05, 3.63) is 29.8 Å². The standard InChI is InChI=1S/C12H18N2O/c1-10(2)7-8-15-12-5-3-11(4-6-12)9-14-13/h3-6,9-10H,7-8,13H2,1-2H3. The van der Waals surface area contributed by atoms with E-state index < -0.39 is 0 Å². The largest absolute Gasteiger partial charge is 0.494 e. The molecule has 0 bridgehead atoms. The van der Waals surface area contributed by atoms with Crippen LogP contribution in [-0.2, 0) is 0 Å². The van der Waals surface area contributed by atoms with Crippen molar-refractivity contribution in [2.75, 3.05) is 6.61 Å². The molecule has 0 aliphatic heterocycles. The van der Waals surface area contributed by atoms with Gasteiger partial charge in [0.15, 0.2) is 0 Å². The molecule has 0 unspecified atom stereocenters. The minimum atomic E-state index is 0.675. The van der Waals surface area contributed by atoms with E-state index >= 15 is 0 Å². The Morgan fingerprint density at radius 1 is 1.33 bits per heavy atom. The number of hydrogen-bond donors (Lipinski definition) is 1. The zero-order valence-corrected chi connectivity index (χ0v) is 9.31. The molecular weight excluding hydrogens is 188 g/mol. The summed E-state index contributed by atoms with van der Waals surface area (Å²) in [6.45, 7) is 5.14. The molecule has 3 heteroatoms. The van der Waals surface area contributed by atoms with Crippen LogP contribution in [0.5, 0.6) is 5.75 Å². The summed E-state index contributed by atoms with van der Waals surface area (Å²) < 4.78 is 5.57. The summed E-state index contributed by atoms with van der Waals surface area (Å²) in [5.41, 5.74) is 0.980. The first-order valence-corrected chi connectivity index (χ1v) is 5.18. The molecule has 0 radical (unpaired) electrons. The van der Waals surface area contributed by atoms with Crippen molar-refractivity contribution >= 4 is 6.21 Å². The first kappa shape index (κ1) is 11.6. The van der Waals surface area contributed by atoms with Gasteiger partial charge in [-0.25, -0.2) is 0 Å². The van der Waals surface area contributed by atoms with Crippen LogP contribution in [0.25, 0.3) is 0 Å². The van der Waals surface area contributed by atoms with Crippen molar-refractivity contribution in [3.63, 3.8) is 0 Å². The summed E-state index contributed by atoms with van der Waals surface area (Å²) in [6.07, 6.45) is 2.68. The quantitative estimate of drug-likeness (QED) is 0.457. The summed E-state index contributed by atoms with van der Waals surface area (Å²) in [6, 6.07) is 7.72. The van der Waals surface area contributed by atoms with E-state index in [9.17, 15) is 0 Å². The SMILES string of the molecule is CC(C)CCOc1ccc(C=NN)cc1. The van der Waals surface area contributed by atoms with E-state index in [2.05, 4.69) is 18.9 Å². The first-order chi connectivity index (χ1) is 7.22. The maximum atomic E-state index is 5.57. The highest BCUT2D eigenvalue weighted by Gasteiger charge is 1.96. The highest BCUT2D eigenvalue weighted by Crippen LogP contribution is 2.12. The summed E-state index contributed by atoms with van der Waals surface area (Å²) in [5.74, 6) is 6.62. The third kappa shape index (κ3) is 4.49. The third-order valence-corrected chi connectivity index (χ3v) is 2.07. The Morgan fingerprint density at radius 2 is 2.00 bits per heavy atom. The lowest BCUT2D eigenvalue weighted by molar-refractivity contribution is 0.289. The molecule has 0 saturated heterocycles. The second kappa shape index (κ2) is 6.06. The van der Waals surface area contributed by atoms with Crippen LogP contribution in [0.3, 0.4) is 0 Å². The summed E-state index contributed by atoms with van der Waals surface area (Å²) in [7, 11) is 0. The molecule has 0 saturated carbocycles. The smallest absolute Gasteiger partial charge is 0.119 e. The van der Waals surface area contributed by atoms with E-state index in [0.29, 0.717) is 5.92 Å². The fourth-order valence-electron chi connectivity index (χ4n) is 1.15. The molecule has 1 rings (SSSR count). The van der Waals surface area contributed by atoms with Crippen LogP contribution in [0.2, 0.25) is 0 Å². The van der Waals surface area contributed by atoms with Gasteiger partial charge in [-0.05, 0) is 42.2 Å². The number of hydrogen-bond acceptors (Lipinski definition) is 3. The van der Waals surface area contributed by atoms with E-state index in [4.69, 9.17) is 10.6 Å². The maximum absolute atomic E-state index is 5.57. The monoisotopic (exact) mass is 206 g/mol. The van der Waals surface area contributed by atoms with E-state index in [0.717, 1.165) is 24.3 Å². The van der Waals surface area contributed by atoms with Crippen molar-refractivity contribution in [2.24, 2.45) is 16.9 Å². The van der Waals surface area contributed by atoms with Crippen LogP contribution in [0, 0.1) is 5.92 Å². The van der Waals surface area contributed by atoms with Crippen molar-refractivity contribution in [1.29, 1.82) is 0 Å². The van der Waals surface area contributed by atoms with Gasteiger partial charge in [0.25, 0.3) is 0 Å². The van der Waals surface area contributed by atoms with Gasteiger partial charge in [0.1, 0.15) is 5.75 Å². The second-order valence-electron chi connectivity index (χ2n) is 3.88. The predicted octanol–water partition coefficient (Wildman–Crippen LogP) is 2.40. The molecule has 82 valence electrons. The maximum Gasteiger partial charge on any atom is 0.119 e. The van der Waals surface area contributed by atoms with Crippen LogP contribution in [-0.4, -0.2) is 12.8 Å². The molecular formula is C12H18N2O. The third-order valence-electron chi connectivity index (χ3n) is 2.07. The molecule has 2 N–H and O–H groups in total. The number of benzene rings is 1. The van der Waals surface area contributed by atoms with Gasteiger partial charge in [0.2, 0.25) is 0 Å². The van der Waals surface area contributed by atoms with Crippen LogP contribution >= 0.6 is 0 Å². The Balaban J connectivity index is 2.42. The molecule has 0 aliphatic carbocycles. The first-order valence-electron chi connectivity index (χ1n) is 5.18. The molecule has 0 aromatic heterocycles. The minimum absolute atomic E-state index is 0.675. The lowest BCUT2D eigenvalue weighted by atomic mass is 10.1. The normalized spacial score (nSPS) is 11.1. The zero-order chi connectivity index (χ0) is 11.1. The van der Waals surface area contributed by atoms with Gasteiger partial charge in [-0.2, -0.15) is 5.10 Å². The van der Waals surface area contributed by atoms with Gasteiger partial charge in [-0.1, -0.05) is 13.8 Å². The zero-order valence-electron chi connectivity index (χ0n) is 9.31. The average Bonchev–Trinajstić information content (AvgIpc) is 2.20. The fourth-order valence-corrected chi connectivity index (χ4v) is 1.15. The van der Waals surface area contributed by atoms with Crippen LogP contribution in [0.4, 0.5) is 0 Å². The fraction of sp³-hybridized carbons (Fsp3) is 0.417.